The molecule has 2 aromatic carbocycles. The molecule has 0 N–H and O–H groups in total. The highest BCUT2D eigenvalue weighted by molar-refractivity contribution is 6.01. The predicted octanol–water partition coefficient (Wildman–Crippen LogP) is 5.08. The Morgan fingerprint density at radius 2 is 1.82 bits per heavy atom. The molecule has 1 aromatic heterocycles. The van der Waals surface area contributed by atoms with Gasteiger partial charge in [0.25, 0.3) is 5.91 Å². The number of amides is 1. The van der Waals surface area contributed by atoms with Crippen molar-refractivity contribution in [3.05, 3.63) is 101 Å². The number of nitrogens with zero attached hydrogens (tertiary/aromatic N) is 3. The Morgan fingerprint density at radius 3 is 2.48 bits per heavy atom. The van der Waals surface area contributed by atoms with Crippen LogP contribution in [0.15, 0.2) is 78.2 Å². The minimum atomic E-state index is -4.46. The second kappa shape index (κ2) is 9.40. The van der Waals surface area contributed by atoms with Crippen molar-refractivity contribution in [2.24, 2.45) is 5.16 Å². The van der Waals surface area contributed by atoms with Gasteiger partial charge in [0, 0.05) is 30.9 Å². The number of benzene rings is 2. The molecule has 0 spiro atoms. The van der Waals surface area contributed by atoms with E-state index in [1.54, 1.807) is 24.5 Å². The lowest BCUT2D eigenvalue weighted by atomic mass is 10.1. The van der Waals surface area contributed by atoms with Crippen LogP contribution in [0.3, 0.4) is 0 Å². The molecule has 0 saturated heterocycles. The Bertz CT molecular complexity index is 1150. The molecular formula is C24H19F4N3O2. The zero-order valence-corrected chi connectivity index (χ0v) is 17.3. The summed E-state index contributed by atoms with van der Waals surface area (Å²) in [6.07, 6.45) is -1.27. The van der Waals surface area contributed by atoms with Gasteiger partial charge in [-0.3, -0.25) is 9.78 Å². The number of rotatable bonds is 6. The first-order chi connectivity index (χ1) is 15.8. The molecular weight excluding hydrogens is 438 g/mol. The van der Waals surface area contributed by atoms with E-state index in [9.17, 15) is 22.4 Å². The fourth-order valence-corrected chi connectivity index (χ4v) is 3.52. The van der Waals surface area contributed by atoms with Gasteiger partial charge >= 0.3 is 6.18 Å². The minimum absolute atomic E-state index is 0.0204. The number of aromatic nitrogens is 1. The van der Waals surface area contributed by atoms with Crippen molar-refractivity contribution in [3.8, 4) is 0 Å². The van der Waals surface area contributed by atoms with Crippen molar-refractivity contribution < 1.29 is 27.2 Å². The van der Waals surface area contributed by atoms with Gasteiger partial charge in [0.05, 0.1) is 23.4 Å². The summed E-state index contributed by atoms with van der Waals surface area (Å²) in [6.45, 7) is 0.0504. The van der Waals surface area contributed by atoms with E-state index in [4.69, 9.17) is 4.84 Å². The third-order valence-electron chi connectivity index (χ3n) is 5.20. The van der Waals surface area contributed by atoms with Crippen LogP contribution in [0.25, 0.3) is 0 Å². The van der Waals surface area contributed by atoms with Crippen LogP contribution in [0.1, 0.15) is 33.5 Å². The summed E-state index contributed by atoms with van der Waals surface area (Å²) in [5, 5.41) is 4.08. The minimum Gasteiger partial charge on any atom is -0.390 e. The lowest BCUT2D eigenvalue weighted by molar-refractivity contribution is -0.137. The van der Waals surface area contributed by atoms with Crippen molar-refractivity contribution >= 4 is 11.6 Å². The number of oxime groups is 1. The summed E-state index contributed by atoms with van der Waals surface area (Å²) in [7, 11) is 0. The standard InChI is InChI=1S/C24H19F4N3O2/c25-21-6-2-1-5-20(21)23(32)31(14-16-7-9-18(10-8-16)24(26,27)28)15-19-12-22(30-33-19)17-4-3-11-29-13-17/h1-11,13,19H,12,14-15H2. The quantitative estimate of drug-likeness (QED) is 0.486. The maximum Gasteiger partial charge on any atom is 0.416 e. The molecule has 1 aliphatic rings. The van der Waals surface area contributed by atoms with Crippen molar-refractivity contribution in [2.45, 2.75) is 25.2 Å². The van der Waals surface area contributed by atoms with E-state index in [1.165, 1.54) is 35.2 Å². The van der Waals surface area contributed by atoms with Gasteiger partial charge in [-0.25, -0.2) is 4.39 Å². The molecule has 2 heterocycles. The predicted molar refractivity (Wildman–Crippen MR) is 113 cm³/mol. The number of carbonyl (C=O) groups excluding carboxylic acids is 1. The second-order valence-corrected chi connectivity index (χ2v) is 7.57. The van der Waals surface area contributed by atoms with Gasteiger partial charge in [0.15, 0.2) is 6.10 Å². The van der Waals surface area contributed by atoms with Crippen LogP contribution in [0.2, 0.25) is 0 Å². The summed E-state index contributed by atoms with van der Waals surface area (Å²) in [6, 6.07) is 13.7. The topological polar surface area (TPSA) is 54.8 Å². The zero-order chi connectivity index (χ0) is 23.4. The summed E-state index contributed by atoms with van der Waals surface area (Å²) >= 11 is 0. The molecule has 33 heavy (non-hydrogen) atoms. The number of halogens is 4. The Balaban J connectivity index is 1.53. The second-order valence-electron chi connectivity index (χ2n) is 7.57. The first-order valence-corrected chi connectivity index (χ1v) is 10.1. The zero-order valence-electron chi connectivity index (χ0n) is 17.3. The van der Waals surface area contributed by atoms with Gasteiger partial charge in [0.2, 0.25) is 0 Å². The Hall–Kier alpha value is -3.75. The van der Waals surface area contributed by atoms with Crippen LogP contribution in [0.5, 0.6) is 0 Å². The molecule has 1 amide bonds. The van der Waals surface area contributed by atoms with Crippen molar-refractivity contribution in [3.63, 3.8) is 0 Å². The summed E-state index contributed by atoms with van der Waals surface area (Å²) in [5.74, 6) is -1.27. The summed E-state index contributed by atoms with van der Waals surface area (Å²) < 4.78 is 52.9. The third-order valence-corrected chi connectivity index (χ3v) is 5.20. The van der Waals surface area contributed by atoms with E-state index >= 15 is 0 Å². The Labute approximate surface area is 187 Å². The van der Waals surface area contributed by atoms with Gasteiger partial charge in [-0.05, 0) is 42.0 Å². The number of alkyl halides is 3. The molecule has 1 unspecified atom stereocenters. The van der Waals surface area contributed by atoms with Crippen LogP contribution in [0, 0.1) is 5.82 Å². The van der Waals surface area contributed by atoms with Crippen molar-refractivity contribution in [2.75, 3.05) is 6.54 Å². The molecule has 1 atom stereocenters. The lowest BCUT2D eigenvalue weighted by Gasteiger charge is -2.25. The monoisotopic (exact) mass is 457 g/mol. The smallest absolute Gasteiger partial charge is 0.390 e. The molecule has 9 heteroatoms. The number of carbonyl (C=O) groups is 1. The highest BCUT2D eigenvalue weighted by Crippen LogP contribution is 2.29. The lowest BCUT2D eigenvalue weighted by Crippen LogP contribution is -2.37. The van der Waals surface area contributed by atoms with Crippen LogP contribution in [-0.4, -0.2) is 34.2 Å². The Morgan fingerprint density at radius 1 is 1.06 bits per heavy atom. The van der Waals surface area contributed by atoms with Crippen LogP contribution < -0.4 is 0 Å². The highest BCUT2D eigenvalue weighted by atomic mass is 19.4. The van der Waals surface area contributed by atoms with E-state index in [2.05, 4.69) is 10.1 Å². The first-order valence-electron chi connectivity index (χ1n) is 10.1. The molecule has 0 bridgehead atoms. The van der Waals surface area contributed by atoms with Crippen LogP contribution in [-0.2, 0) is 17.6 Å². The maximum absolute atomic E-state index is 14.3. The van der Waals surface area contributed by atoms with Gasteiger partial charge in [-0.1, -0.05) is 29.4 Å². The van der Waals surface area contributed by atoms with Crippen molar-refractivity contribution in [1.29, 1.82) is 0 Å². The van der Waals surface area contributed by atoms with Gasteiger partial charge in [0.1, 0.15) is 5.82 Å². The number of hydrogen-bond acceptors (Lipinski definition) is 4. The number of pyridine rings is 1. The summed E-state index contributed by atoms with van der Waals surface area (Å²) in [4.78, 5) is 24.0. The molecule has 170 valence electrons. The molecule has 1 aliphatic heterocycles. The molecule has 0 radical (unpaired) electrons. The highest BCUT2D eigenvalue weighted by Gasteiger charge is 2.31. The van der Waals surface area contributed by atoms with Gasteiger partial charge in [-0.2, -0.15) is 13.2 Å². The molecule has 0 aliphatic carbocycles. The fourth-order valence-electron chi connectivity index (χ4n) is 3.52. The van der Waals surface area contributed by atoms with E-state index < -0.39 is 29.6 Å². The molecule has 4 rings (SSSR count). The largest absolute Gasteiger partial charge is 0.416 e. The van der Waals surface area contributed by atoms with Crippen LogP contribution in [0.4, 0.5) is 17.6 Å². The van der Waals surface area contributed by atoms with Gasteiger partial charge < -0.3 is 9.74 Å². The first kappa shape index (κ1) is 22.4. The van der Waals surface area contributed by atoms with E-state index in [0.29, 0.717) is 17.7 Å². The SMILES string of the molecule is O=C(c1ccccc1F)N(Cc1ccc(C(F)(F)F)cc1)CC1CC(c2cccnc2)=NO1. The molecule has 0 fully saturated rings. The van der Waals surface area contributed by atoms with E-state index in [0.717, 1.165) is 17.7 Å². The number of hydrogen-bond donors (Lipinski definition) is 0. The fraction of sp³-hybridized carbons (Fsp3) is 0.208. The van der Waals surface area contributed by atoms with Gasteiger partial charge in [-0.15, -0.1) is 0 Å². The maximum atomic E-state index is 14.3. The normalized spacial score (nSPS) is 15.6. The molecule has 5 nitrogen and oxygen atoms in total. The Kier molecular flexibility index (Phi) is 6.39. The molecule has 3 aromatic rings. The average molecular weight is 457 g/mol. The van der Waals surface area contributed by atoms with Crippen LogP contribution >= 0.6 is 0 Å². The third kappa shape index (κ3) is 5.36. The summed E-state index contributed by atoms with van der Waals surface area (Å²) in [5.41, 5.74) is 1.01. The van der Waals surface area contributed by atoms with Crippen molar-refractivity contribution in [1.82, 2.24) is 9.88 Å². The average Bonchev–Trinajstić information content (AvgIpc) is 3.27. The van der Waals surface area contributed by atoms with E-state index in [1.807, 2.05) is 6.07 Å². The van der Waals surface area contributed by atoms with E-state index in [-0.39, 0.29) is 18.7 Å². The molecule has 0 saturated carbocycles.